The first-order chi connectivity index (χ1) is 14.6. The number of hydrogen-bond donors (Lipinski definition) is 0. The molecule has 0 bridgehead atoms. The Hall–Kier alpha value is -3.06. The van der Waals surface area contributed by atoms with Gasteiger partial charge >= 0.3 is 6.18 Å². The van der Waals surface area contributed by atoms with Gasteiger partial charge in [0.2, 0.25) is 15.0 Å². The first-order valence-electron chi connectivity index (χ1n) is 9.26. The van der Waals surface area contributed by atoms with Crippen LogP contribution in [-0.4, -0.2) is 50.6 Å². The lowest BCUT2D eigenvalue weighted by molar-refractivity contribution is -0.137. The van der Waals surface area contributed by atoms with E-state index in [1.165, 1.54) is 9.20 Å². The van der Waals surface area contributed by atoms with Gasteiger partial charge in [-0.05, 0) is 25.0 Å². The topological polar surface area (TPSA) is 104 Å². The summed E-state index contributed by atoms with van der Waals surface area (Å²) in [7, 11) is -3.96. The van der Waals surface area contributed by atoms with Gasteiger partial charge < -0.3 is 4.74 Å². The predicted octanol–water partition coefficient (Wildman–Crippen LogP) is 2.87. The van der Waals surface area contributed by atoms with E-state index in [4.69, 9.17) is 4.74 Å². The molecule has 0 N–H and O–H groups in total. The Morgan fingerprint density at radius 1 is 1.19 bits per heavy atom. The van der Waals surface area contributed by atoms with Crippen LogP contribution in [0.4, 0.5) is 13.2 Å². The summed E-state index contributed by atoms with van der Waals surface area (Å²) in [6.07, 6.45) is -0.967. The second kappa shape index (κ2) is 6.72. The number of pyridine rings is 1. The molecule has 0 amide bonds. The molecule has 162 valence electrons. The summed E-state index contributed by atoms with van der Waals surface area (Å²) < 4.78 is 73.9. The maximum Gasteiger partial charge on any atom is 0.420 e. The highest BCUT2D eigenvalue weighted by atomic mass is 32.2. The second-order valence-corrected chi connectivity index (χ2v) is 9.08. The number of sulfone groups is 1. The summed E-state index contributed by atoms with van der Waals surface area (Å²) in [6, 6.07) is 5.14. The van der Waals surface area contributed by atoms with E-state index in [0.717, 1.165) is 12.7 Å². The molecule has 13 heteroatoms. The Bertz CT molecular complexity index is 1420. The molecule has 1 aliphatic heterocycles. The van der Waals surface area contributed by atoms with Crippen LogP contribution < -0.4 is 0 Å². The van der Waals surface area contributed by atoms with E-state index in [0.29, 0.717) is 35.8 Å². The number of halogens is 3. The predicted molar refractivity (Wildman–Crippen MR) is 102 cm³/mol. The van der Waals surface area contributed by atoms with Crippen LogP contribution in [0.15, 0.2) is 35.7 Å². The molecule has 31 heavy (non-hydrogen) atoms. The van der Waals surface area contributed by atoms with Crippen LogP contribution in [0.1, 0.15) is 24.6 Å². The molecule has 1 fully saturated rings. The number of hydrogen-bond acceptors (Lipinski definition) is 7. The zero-order valence-corrected chi connectivity index (χ0v) is 16.9. The van der Waals surface area contributed by atoms with Gasteiger partial charge in [0.05, 0.1) is 10.9 Å². The minimum absolute atomic E-state index is 0.133. The Morgan fingerprint density at radius 2 is 2.00 bits per heavy atom. The summed E-state index contributed by atoms with van der Waals surface area (Å²) in [4.78, 5) is 7.20. The van der Waals surface area contributed by atoms with Gasteiger partial charge in [0, 0.05) is 25.3 Å². The van der Waals surface area contributed by atoms with E-state index in [1.807, 2.05) is 0 Å². The number of aromatic nitrogens is 6. The fraction of sp³-hybridized carbons (Fsp3) is 0.333. The molecule has 1 aliphatic rings. The molecule has 4 aromatic rings. The molecule has 0 spiro atoms. The highest BCUT2D eigenvalue weighted by molar-refractivity contribution is 7.90. The zero-order chi connectivity index (χ0) is 22.0. The van der Waals surface area contributed by atoms with Gasteiger partial charge in [-0.2, -0.15) is 18.3 Å². The smallest absolute Gasteiger partial charge is 0.356 e. The molecule has 4 aromatic heterocycles. The number of ether oxygens (including phenoxy) is 1. The van der Waals surface area contributed by atoms with E-state index >= 15 is 0 Å². The van der Waals surface area contributed by atoms with Crippen molar-refractivity contribution in [3.05, 3.63) is 36.2 Å². The van der Waals surface area contributed by atoms with Crippen LogP contribution >= 0.6 is 0 Å². The molecular formula is C18H15F3N6O3S. The number of alkyl halides is 3. The van der Waals surface area contributed by atoms with Crippen molar-refractivity contribution in [2.75, 3.05) is 12.9 Å². The summed E-state index contributed by atoms with van der Waals surface area (Å²) in [5.41, 5.74) is -1.12. The maximum absolute atomic E-state index is 13.8. The summed E-state index contributed by atoms with van der Waals surface area (Å²) in [5, 5.41) is 8.45. The molecule has 9 nitrogen and oxygen atoms in total. The van der Waals surface area contributed by atoms with Gasteiger partial charge in [-0.3, -0.25) is 0 Å². The normalized spacial score (nSPS) is 17.7. The van der Waals surface area contributed by atoms with Gasteiger partial charge in [-0.25, -0.2) is 27.6 Å². The first kappa shape index (κ1) is 19.9. The lowest BCUT2D eigenvalue weighted by atomic mass is 10.1. The third-order valence-electron chi connectivity index (χ3n) is 4.99. The Labute approximate surface area is 173 Å². The van der Waals surface area contributed by atoms with Gasteiger partial charge in [-0.1, -0.05) is 6.07 Å². The fourth-order valence-corrected chi connectivity index (χ4v) is 4.13. The van der Waals surface area contributed by atoms with E-state index in [9.17, 15) is 21.6 Å². The fourth-order valence-electron chi connectivity index (χ4n) is 3.63. The third-order valence-corrected chi connectivity index (χ3v) is 5.85. The number of fused-ring (bicyclic) bond motifs is 3. The zero-order valence-electron chi connectivity index (χ0n) is 16.0. The second-order valence-electron chi connectivity index (χ2n) is 7.17. The van der Waals surface area contributed by atoms with Crippen molar-refractivity contribution in [3.63, 3.8) is 0 Å². The Balaban J connectivity index is 1.88. The van der Waals surface area contributed by atoms with Crippen LogP contribution in [0.2, 0.25) is 0 Å². The molecular weight excluding hydrogens is 437 g/mol. The third kappa shape index (κ3) is 3.24. The minimum atomic E-state index is -4.83. The van der Waals surface area contributed by atoms with Crippen molar-refractivity contribution in [3.8, 4) is 11.4 Å². The average molecular weight is 452 g/mol. The van der Waals surface area contributed by atoms with E-state index < -0.39 is 38.7 Å². The monoisotopic (exact) mass is 452 g/mol. The van der Waals surface area contributed by atoms with Crippen LogP contribution in [-0.2, 0) is 20.8 Å². The van der Waals surface area contributed by atoms with Crippen molar-refractivity contribution >= 4 is 26.4 Å². The van der Waals surface area contributed by atoms with Gasteiger partial charge in [0.1, 0.15) is 17.0 Å². The van der Waals surface area contributed by atoms with Crippen molar-refractivity contribution < 1.29 is 26.3 Å². The standard InChI is InChI=1S/C18H15F3N6O3S/c1-31(28,29)17-22-9-10(18(19,20)21)14(23-17)15-13-11-5-2-3-7-26(11)25-16(13)27(24-15)12-6-4-8-30-12/h2-3,5,7,9,12H,4,6,8H2,1H3. The SMILES string of the molecule is CS(=O)(=O)c1ncc(C(F)(F)F)c(-c2nn(C3CCCO3)c3nn4ccccc4c23)n1. The molecule has 0 radical (unpaired) electrons. The molecule has 0 aliphatic carbocycles. The molecule has 0 aromatic carbocycles. The van der Waals surface area contributed by atoms with E-state index in [1.54, 1.807) is 24.4 Å². The highest BCUT2D eigenvalue weighted by Crippen LogP contribution is 2.40. The number of rotatable bonds is 3. The quantitative estimate of drug-likeness (QED) is 0.440. The summed E-state index contributed by atoms with van der Waals surface area (Å²) in [5.74, 6) is 0. The van der Waals surface area contributed by atoms with Crippen molar-refractivity contribution in [1.29, 1.82) is 0 Å². The lowest BCUT2D eigenvalue weighted by Crippen LogP contribution is -2.14. The van der Waals surface area contributed by atoms with Crippen LogP contribution in [0.3, 0.4) is 0 Å². The first-order valence-corrected chi connectivity index (χ1v) is 11.2. The molecule has 1 unspecified atom stereocenters. The van der Waals surface area contributed by atoms with Gasteiger partial charge in [-0.15, -0.1) is 5.10 Å². The van der Waals surface area contributed by atoms with Crippen LogP contribution in [0.5, 0.6) is 0 Å². The summed E-state index contributed by atoms with van der Waals surface area (Å²) in [6.45, 7) is 0.494. The summed E-state index contributed by atoms with van der Waals surface area (Å²) >= 11 is 0. The van der Waals surface area contributed by atoms with Gasteiger partial charge in [0.25, 0.3) is 0 Å². The van der Waals surface area contributed by atoms with Crippen molar-refractivity contribution in [2.24, 2.45) is 0 Å². The van der Waals surface area contributed by atoms with Crippen molar-refractivity contribution in [2.45, 2.75) is 30.4 Å². The lowest BCUT2D eigenvalue weighted by Gasteiger charge is -2.12. The largest absolute Gasteiger partial charge is 0.420 e. The van der Waals surface area contributed by atoms with Crippen molar-refractivity contribution in [1.82, 2.24) is 29.4 Å². The molecule has 0 saturated carbocycles. The Kier molecular flexibility index (Phi) is 4.31. The van der Waals surface area contributed by atoms with Crippen LogP contribution in [0, 0.1) is 0 Å². The van der Waals surface area contributed by atoms with Gasteiger partial charge in [0.15, 0.2) is 11.9 Å². The number of nitrogens with zero attached hydrogens (tertiary/aromatic N) is 6. The highest BCUT2D eigenvalue weighted by Gasteiger charge is 2.38. The molecule has 1 saturated heterocycles. The Morgan fingerprint density at radius 3 is 2.68 bits per heavy atom. The average Bonchev–Trinajstić information content (AvgIpc) is 3.42. The van der Waals surface area contributed by atoms with Crippen LogP contribution in [0.25, 0.3) is 27.9 Å². The molecule has 5 rings (SSSR count). The maximum atomic E-state index is 13.8. The van der Waals surface area contributed by atoms with E-state index in [-0.39, 0.29) is 5.69 Å². The molecule has 5 heterocycles. The van der Waals surface area contributed by atoms with E-state index in [2.05, 4.69) is 20.2 Å². The molecule has 1 atom stereocenters. The minimum Gasteiger partial charge on any atom is -0.356 e.